The summed E-state index contributed by atoms with van der Waals surface area (Å²) in [4.78, 5) is 44.3. The van der Waals surface area contributed by atoms with E-state index >= 15 is 0 Å². The highest BCUT2D eigenvalue weighted by atomic mass is 16.2. The van der Waals surface area contributed by atoms with Crippen molar-refractivity contribution in [3.8, 4) is 17.3 Å². The normalized spacial score (nSPS) is 17.6. The average molecular weight is 590 g/mol. The fraction of sp³-hybridized carbons (Fsp3) is 0.303. The molecule has 0 aliphatic carbocycles. The van der Waals surface area contributed by atoms with E-state index in [1.54, 1.807) is 35.2 Å². The Kier molecular flexibility index (Phi) is 8.63. The minimum Gasteiger partial charge on any atom is -0.360 e. The summed E-state index contributed by atoms with van der Waals surface area (Å²) in [5.41, 5.74) is 3.96. The summed E-state index contributed by atoms with van der Waals surface area (Å²) in [6, 6.07) is 17.0. The third-order valence-corrected chi connectivity index (χ3v) is 8.19. The zero-order valence-corrected chi connectivity index (χ0v) is 24.7. The zero-order chi connectivity index (χ0) is 30.5. The van der Waals surface area contributed by atoms with E-state index in [9.17, 15) is 14.9 Å². The molecule has 6 rings (SSSR count). The van der Waals surface area contributed by atoms with E-state index < -0.39 is 0 Å². The molecule has 44 heavy (non-hydrogen) atoms. The van der Waals surface area contributed by atoms with Gasteiger partial charge in [0.2, 0.25) is 11.9 Å². The minimum atomic E-state index is -0.190. The summed E-state index contributed by atoms with van der Waals surface area (Å²) in [5.74, 6) is 0.158. The molecule has 11 nitrogen and oxygen atoms in total. The van der Waals surface area contributed by atoms with E-state index in [-0.39, 0.29) is 17.9 Å². The molecule has 0 saturated carbocycles. The molecule has 224 valence electrons. The van der Waals surface area contributed by atoms with Crippen LogP contribution in [0.15, 0.2) is 73.1 Å². The number of aromatic nitrogens is 3. The number of benzene rings is 2. The highest BCUT2D eigenvalue weighted by molar-refractivity contribution is 6.00. The molecule has 2 fully saturated rings. The average Bonchev–Trinajstić information content (AvgIpc) is 3.69. The number of nitrogens with zero attached hydrogens (tertiary/aromatic N) is 6. The second-order valence-corrected chi connectivity index (χ2v) is 11.3. The topological polar surface area (TPSA) is 133 Å². The monoisotopic (exact) mass is 589 g/mol. The van der Waals surface area contributed by atoms with Gasteiger partial charge in [0.05, 0.1) is 17.5 Å². The number of rotatable bonds is 8. The summed E-state index contributed by atoms with van der Waals surface area (Å²) in [6.07, 6.45) is 7.59. The van der Waals surface area contributed by atoms with E-state index in [1.807, 2.05) is 36.5 Å². The molecule has 1 atom stereocenters. The van der Waals surface area contributed by atoms with E-state index in [4.69, 9.17) is 4.98 Å². The second-order valence-electron chi connectivity index (χ2n) is 11.3. The number of piperazine rings is 1. The standard InChI is InChI=1S/C33H35N9O2/c1-40-15-17-41(18-16-40)13-4-7-30(43)37-25-10-8-23(9-11-25)32(44)42-14-12-26(22-42)38-33-36-20-24(19-34)31(39-33)28-21-35-29-6-3-2-5-27(28)29/h2-11,20-21,26,35H,12-18,22H2,1H3,(H,37,43)(H,36,38,39)/b7-4+/t26-/m1/s1. The molecule has 2 saturated heterocycles. The number of carbonyl (C=O) groups excluding carboxylic acids is 2. The lowest BCUT2D eigenvalue weighted by atomic mass is 10.1. The van der Waals surface area contributed by atoms with Crippen LogP contribution in [0.3, 0.4) is 0 Å². The van der Waals surface area contributed by atoms with Gasteiger partial charge in [-0.25, -0.2) is 9.97 Å². The number of amides is 2. The number of nitrogens with one attached hydrogen (secondary N) is 3. The summed E-state index contributed by atoms with van der Waals surface area (Å²) in [7, 11) is 2.12. The molecule has 0 unspecified atom stereocenters. The molecular weight excluding hydrogens is 554 g/mol. The lowest BCUT2D eigenvalue weighted by Crippen LogP contribution is -2.44. The van der Waals surface area contributed by atoms with Gasteiger partial charge in [-0.2, -0.15) is 5.26 Å². The predicted octanol–water partition coefficient (Wildman–Crippen LogP) is 3.57. The van der Waals surface area contributed by atoms with Crippen molar-refractivity contribution in [2.24, 2.45) is 0 Å². The van der Waals surface area contributed by atoms with Gasteiger partial charge in [-0.15, -0.1) is 0 Å². The Morgan fingerprint density at radius 2 is 1.89 bits per heavy atom. The molecule has 4 heterocycles. The first-order chi connectivity index (χ1) is 21.5. The van der Waals surface area contributed by atoms with Gasteiger partial charge < -0.3 is 25.4 Å². The molecule has 2 aromatic carbocycles. The van der Waals surface area contributed by atoms with Crippen LogP contribution in [0.5, 0.6) is 0 Å². The molecule has 2 aliphatic rings. The van der Waals surface area contributed by atoms with Crippen molar-refractivity contribution < 1.29 is 9.59 Å². The van der Waals surface area contributed by atoms with E-state index in [2.05, 4.69) is 43.5 Å². The fourth-order valence-electron chi connectivity index (χ4n) is 5.65. The summed E-state index contributed by atoms with van der Waals surface area (Å²) >= 11 is 0. The number of anilines is 2. The SMILES string of the molecule is CN1CCN(C/C=C/C(=O)Nc2ccc(C(=O)N3CC[C@@H](Nc4ncc(C#N)c(-c5c[nH]c6ccccc56)n4)C3)cc2)CC1. The van der Waals surface area contributed by atoms with Crippen LogP contribution in [0.1, 0.15) is 22.3 Å². The molecule has 0 spiro atoms. The number of likely N-dealkylation sites (N-methyl/N-ethyl adjacent to an activating group) is 1. The number of carbonyl (C=O) groups is 2. The van der Waals surface area contributed by atoms with Crippen molar-refractivity contribution in [2.45, 2.75) is 12.5 Å². The Labute approximate surface area is 256 Å². The summed E-state index contributed by atoms with van der Waals surface area (Å²) in [5, 5.41) is 16.9. The van der Waals surface area contributed by atoms with E-state index in [0.29, 0.717) is 41.5 Å². The number of fused-ring (bicyclic) bond motifs is 1. The van der Waals surface area contributed by atoms with Gasteiger partial charge in [0.25, 0.3) is 5.91 Å². The summed E-state index contributed by atoms with van der Waals surface area (Å²) in [6.45, 7) is 5.93. The Bertz CT molecular complexity index is 1720. The minimum absolute atomic E-state index is 0.0288. The Morgan fingerprint density at radius 3 is 2.68 bits per heavy atom. The third kappa shape index (κ3) is 6.62. The Morgan fingerprint density at radius 1 is 1.09 bits per heavy atom. The number of para-hydroxylation sites is 1. The quantitative estimate of drug-likeness (QED) is 0.266. The van der Waals surface area contributed by atoms with Crippen molar-refractivity contribution in [3.63, 3.8) is 0 Å². The maximum absolute atomic E-state index is 13.2. The molecule has 3 N–H and O–H groups in total. The molecule has 4 aromatic rings. The maximum atomic E-state index is 13.2. The molecule has 2 aliphatic heterocycles. The van der Waals surface area contributed by atoms with Crippen LogP contribution in [-0.4, -0.2) is 100 Å². The van der Waals surface area contributed by atoms with Crippen LogP contribution >= 0.6 is 0 Å². The van der Waals surface area contributed by atoms with Crippen LogP contribution in [0.25, 0.3) is 22.2 Å². The number of H-pyrrole nitrogens is 1. The van der Waals surface area contributed by atoms with E-state index in [0.717, 1.165) is 55.6 Å². The predicted molar refractivity (Wildman–Crippen MR) is 170 cm³/mol. The van der Waals surface area contributed by atoms with Crippen LogP contribution in [0, 0.1) is 11.3 Å². The first-order valence-corrected chi connectivity index (χ1v) is 14.8. The van der Waals surface area contributed by atoms with Gasteiger partial charge in [-0.1, -0.05) is 24.3 Å². The first kappa shape index (κ1) is 29.0. The number of hydrogen-bond acceptors (Lipinski definition) is 8. The summed E-state index contributed by atoms with van der Waals surface area (Å²) < 4.78 is 0. The molecule has 11 heteroatoms. The number of aromatic amines is 1. The highest BCUT2D eigenvalue weighted by Gasteiger charge is 2.28. The first-order valence-electron chi connectivity index (χ1n) is 14.8. The second kappa shape index (κ2) is 13.1. The highest BCUT2D eigenvalue weighted by Crippen LogP contribution is 2.30. The molecule has 0 bridgehead atoms. The Hall–Kier alpha value is -5.05. The molecular formula is C33H35N9O2. The van der Waals surface area contributed by atoms with Crippen LogP contribution in [0.2, 0.25) is 0 Å². The third-order valence-electron chi connectivity index (χ3n) is 8.19. The van der Waals surface area contributed by atoms with Gasteiger partial charge in [0, 0.05) is 91.8 Å². The molecule has 2 amide bonds. The lowest BCUT2D eigenvalue weighted by molar-refractivity contribution is -0.111. The molecule has 2 aromatic heterocycles. The van der Waals surface area contributed by atoms with E-state index in [1.165, 1.54) is 6.20 Å². The van der Waals surface area contributed by atoms with Crippen molar-refractivity contribution in [1.82, 2.24) is 29.7 Å². The van der Waals surface area contributed by atoms with Crippen LogP contribution in [-0.2, 0) is 4.79 Å². The Balaban J connectivity index is 1.03. The van der Waals surface area contributed by atoms with Crippen LogP contribution in [0.4, 0.5) is 11.6 Å². The van der Waals surface area contributed by atoms with Gasteiger partial charge >= 0.3 is 0 Å². The fourth-order valence-corrected chi connectivity index (χ4v) is 5.65. The van der Waals surface area contributed by atoms with Crippen molar-refractivity contribution >= 4 is 34.4 Å². The zero-order valence-electron chi connectivity index (χ0n) is 24.7. The number of likely N-dealkylation sites (tertiary alicyclic amines) is 1. The van der Waals surface area contributed by atoms with Crippen molar-refractivity contribution in [1.29, 1.82) is 5.26 Å². The smallest absolute Gasteiger partial charge is 0.253 e. The van der Waals surface area contributed by atoms with Gasteiger partial charge in [0.15, 0.2) is 0 Å². The maximum Gasteiger partial charge on any atom is 0.253 e. The molecule has 0 radical (unpaired) electrons. The number of nitriles is 1. The van der Waals surface area contributed by atoms with Gasteiger partial charge in [-0.05, 0) is 43.8 Å². The van der Waals surface area contributed by atoms with Crippen molar-refractivity contribution in [2.75, 3.05) is 63.5 Å². The lowest BCUT2D eigenvalue weighted by Gasteiger charge is -2.31. The van der Waals surface area contributed by atoms with Gasteiger partial charge in [0.1, 0.15) is 6.07 Å². The van der Waals surface area contributed by atoms with Crippen molar-refractivity contribution in [3.05, 3.63) is 84.2 Å². The number of hydrogen-bond donors (Lipinski definition) is 3. The van der Waals surface area contributed by atoms with Gasteiger partial charge in [-0.3, -0.25) is 14.5 Å². The van der Waals surface area contributed by atoms with Crippen LogP contribution < -0.4 is 10.6 Å². The largest absolute Gasteiger partial charge is 0.360 e.